The highest BCUT2D eigenvalue weighted by Gasteiger charge is 2.04. The molecule has 0 saturated heterocycles. The third-order valence-corrected chi connectivity index (χ3v) is 1.54. The number of nitrogens with zero attached hydrogens (tertiary/aromatic N) is 3. The van der Waals surface area contributed by atoms with E-state index in [1.807, 2.05) is 26.0 Å². The molecule has 1 heterocycles. The quantitative estimate of drug-likeness (QED) is 0.664. The molecule has 0 N–H and O–H groups in total. The highest BCUT2D eigenvalue weighted by molar-refractivity contribution is 5.74. The first-order chi connectivity index (χ1) is 7.27. The van der Waals surface area contributed by atoms with Crippen LogP contribution in [0.3, 0.4) is 0 Å². The lowest BCUT2D eigenvalue weighted by atomic mass is 10.3. The van der Waals surface area contributed by atoms with Gasteiger partial charge in [0.2, 0.25) is 0 Å². The van der Waals surface area contributed by atoms with E-state index in [0.29, 0.717) is 11.0 Å². The molecule has 80 valence electrons. The van der Waals surface area contributed by atoms with Crippen LogP contribution in [0.1, 0.15) is 20.8 Å². The first-order valence-corrected chi connectivity index (χ1v) is 4.77. The molecule has 1 aromatic carbocycles. The SMILES string of the molecule is CC.CC(=O)On1nnc2ccccc21. The predicted octanol–water partition coefficient (Wildman–Crippen LogP) is 1.43. The summed E-state index contributed by atoms with van der Waals surface area (Å²) < 4.78 is 0. The molecule has 0 aliphatic carbocycles. The van der Waals surface area contributed by atoms with E-state index in [4.69, 9.17) is 4.84 Å². The van der Waals surface area contributed by atoms with Crippen LogP contribution in [0.25, 0.3) is 11.0 Å². The summed E-state index contributed by atoms with van der Waals surface area (Å²) in [5.41, 5.74) is 1.38. The van der Waals surface area contributed by atoms with Crippen molar-refractivity contribution in [3.05, 3.63) is 24.3 Å². The van der Waals surface area contributed by atoms with Gasteiger partial charge in [0.1, 0.15) is 11.0 Å². The van der Waals surface area contributed by atoms with Crippen LogP contribution >= 0.6 is 0 Å². The molecule has 0 spiro atoms. The van der Waals surface area contributed by atoms with Crippen molar-refractivity contribution < 1.29 is 9.63 Å². The number of hydrogen-bond donors (Lipinski definition) is 0. The third kappa shape index (κ3) is 2.52. The van der Waals surface area contributed by atoms with E-state index < -0.39 is 5.97 Å². The van der Waals surface area contributed by atoms with Crippen molar-refractivity contribution in [2.75, 3.05) is 0 Å². The molecule has 15 heavy (non-hydrogen) atoms. The van der Waals surface area contributed by atoms with E-state index in [0.717, 1.165) is 4.85 Å². The Labute approximate surface area is 87.6 Å². The van der Waals surface area contributed by atoms with Crippen LogP contribution in [0.2, 0.25) is 0 Å². The van der Waals surface area contributed by atoms with E-state index in [1.54, 1.807) is 12.1 Å². The maximum Gasteiger partial charge on any atom is 0.332 e. The summed E-state index contributed by atoms with van der Waals surface area (Å²) in [5, 5.41) is 7.47. The van der Waals surface area contributed by atoms with Gasteiger partial charge in [-0.2, -0.15) is 0 Å². The van der Waals surface area contributed by atoms with E-state index in [2.05, 4.69) is 10.3 Å². The fourth-order valence-electron chi connectivity index (χ4n) is 1.04. The zero-order valence-corrected chi connectivity index (χ0v) is 8.97. The van der Waals surface area contributed by atoms with Crippen molar-refractivity contribution in [3.8, 4) is 0 Å². The lowest BCUT2D eigenvalue weighted by Crippen LogP contribution is -2.17. The van der Waals surface area contributed by atoms with Crippen molar-refractivity contribution in [1.82, 2.24) is 15.2 Å². The standard InChI is InChI=1S/C8H7N3O2.C2H6/c1-6(12)13-11-8-5-3-2-4-7(8)9-10-11;1-2/h2-5H,1H3;1-2H3. The average Bonchev–Trinajstić information content (AvgIpc) is 2.64. The molecule has 1 aromatic heterocycles. The second-order valence-corrected chi connectivity index (χ2v) is 2.53. The van der Waals surface area contributed by atoms with Crippen LogP contribution in [0.5, 0.6) is 0 Å². The minimum atomic E-state index is -0.421. The fraction of sp³-hybridized carbons (Fsp3) is 0.300. The molecule has 0 unspecified atom stereocenters. The number of carbonyl (C=O) groups is 1. The van der Waals surface area contributed by atoms with Gasteiger partial charge in [-0.15, -0.1) is 5.10 Å². The van der Waals surface area contributed by atoms with Crippen molar-refractivity contribution >= 4 is 17.0 Å². The molecule has 2 aromatic rings. The van der Waals surface area contributed by atoms with Gasteiger partial charge in [0.25, 0.3) is 0 Å². The van der Waals surface area contributed by atoms with Gasteiger partial charge < -0.3 is 4.84 Å². The van der Waals surface area contributed by atoms with Gasteiger partial charge in [0, 0.05) is 6.92 Å². The minimum Gasteiger partial charge on any atom is -0.318 e. The Balaban J connectivity index is 0.000000531. The van der Waals surface area contributed by atoms with Gasteiger partial charge in [-0.1, -0.05) is 30.8 Å². The molecule has 2 rings (SSSR count). The van der Waals surface area contributed by atoms with E-state index >= 15 is 0 Å². The van der Waals surface area contributed by atoms with Crippen LogP contribution in [0, 0.1) is 0 Å². The zero-order chi connectivity index (χ0) is 11.3. The topological polar surface area (TPSA) is 57.0 Å². The van der Waals surface area contributed by atoms with Gasteiger partial charge in [0.15, 0.2) is 0 Å². The summed E-state index contributed by atoms with van der Waals surface area (Å²) >= 11 is 0. The molecule has 0 aliphatic rings. The summed E-state index contributed by atoms with van der Waals surface area (Å²) in [7, 11) is 0. The second kappa shape index (κ2) is 5.09. The lowest BCUT2D eigenvalue weighted by Gasteiger charge is -1.97. The molecular weight excluding hydrogens is 194 g/mol. The van der Waals surface area contributed by atoms with Gasteiger partial charge in [-0.3, -0.25) is 0 Å². The largest absolute Gasteiger partial charge is 0.332 e. The summed E-state index contributed by atoms with van der Waals surface area (Å²) in [6, 6.07) is 7.24. The molecule has 0 saturated carbocycles. The smallest absolute Gasteiger partial charge is 0.318 e. The lowest BCUT2D eigenvalue weighted by molar-refractivity contribution is -0.142. The summed E-state index contributed by atoms with van der Waals surface area (Å²) in [4.78, 5) is 16.5. The Hall–Kier alpha value is -1.91. The van der Waals surface area contributed by atoms with E-state index in [1.165, 1.54) is 6.92 Å². The first kappa shape index (κ1) is 11.2. The first-order valence-electron chi connectivity index (χ1n) is 4.77. The summed E-state index contributed by atoms with van der Waals surface area (Å²) in [6.45, 7) is 5.32. The van der Waals surface area contributed by atoms with Crippen LogP contribution in [-0.2, 0) is 4.79 Å². The van der Waals surface area contributed by atoms with Crippen molar-refractivity contribution in [2.45, 2.75) is 20.8 Å². The van der Waals surface area contributed by atoms with Crippen molar-refractivity contribution in [2.24, 2.45) is 0 Å². The fourth-order valence-corrected chi connectivity index (χ4v) is 1.04. The molecule has 5 nitrogen and oxygen atoms in total. The average molecular weight is 207 g/mol. The number of carbonyl (C=O) groups excluding carboxylic acids is 1. The molecular formula is C10H13N3O2. The van der Waals surface area contributed by atoms with Crippen LogP contribution < -0.4 is 4.84 Å². The Bertz CT molecular complexity index is 451. The molecule has 0 atom stereocenters. The molecule has 0 bridgehead atoms. The number of benzene rings is 1. The number of fused-ring (bicyclic) bond motifs is 1. The van der Waals surface area contributed by atoms with Crippen LogP contribution in [0.4, 0.5) is 0 Å². The monoisotopic (exact) mass is 207 g/mol. The molecule has 5 heteroatoms. The third-order valence-electron chi connectivity index (χ3n) is 1.54. The zero-order valence-electron chi connectivity index (χ0n) is 8.97. The second-order valence-electron chi connectivity index (χ2n) is 2.53. The normalized spacial score (nSPS) is 9.27. The number of aromatic nitrogens is 3. The van der Waals surface area contributed by atoms with Crippen molar-refractivity contribution in [3.63, 3.8) is 0 Å². The highest BCUT2D eigenvalue weighted by atomic mass is 16.7. The molecule has 0 fully saturated rings. The Morgan fingerprint density at radius 1 is 1.33 bits per heavy atom. The Kier molecular flexibility index (Phi) is 3.79. The number of para-hydroxylation sites is 1. The molecule has 0 amide bonds. The van der Waals surface area contributed by atoms with Gasteiger partial charge in [0.05, 0.1) is 0 Å². The Morgan fingerprint density at radius 2 is 2.00 bits per heavy atom. The molecule has 0 radical (unpaired) electrons. The number of hydrogen-bond acceptors (Lipinski definition) is 4. The predicted molar refractivity (Wildman–Crippen MR) is 56.1 cm³/mol. The molecule has 0 aliphatic heterocycles. The Morgan fingerprint density at radius 3 is 2.67 bits per heavy atom. The maximum absolute atomic E-state index is 10.6. The van der Waals surface area contributed by atoms with Gasteiger partial charge >= 0.3 is 5.97 Å². The van der Waals surface area contributed by atoms with Crippen LogP contribution in [-0.4, -0.2) is 21.1 Å². The summed E-state index contributed by atoms with van der Waals surface area (Å²) in [5.74, 6) is -0.421. The highest BCUT2D eigenvalue weighted by Crippen LogP contribution is 2.07. The van der Waals surface area contributed by atoms with E-state index in [9.17, 15) is 4.79 Å². The number of rotatable bonds is 1. The van der Waals surface area contributed by atoms with Crippen LogP contribution in [0.15, 0.2) is 24.3 Å². The summed E-state index contributed by atoms with van der Waals surface area (Å²) in [6.07, 6.45) is 0. The minimum absolute atomic E-state index is 0.421. The van der Waals surface area contributed by atoms with Gasteiger partial charge in [-0.05, 0) is 17.3 Å². The van der Waals surface area contributed by atoms with E-state index in [-0.39, 0.29) is 0 Å². The van der Waals surface area contributed by atoms with Gasteiger partial charge in [-0.25, -0.2) is 4.79 Å². The van der Waals surface area contributed by atoms with Crippen molar-refractivity contribution in [1.29, 1.82) is 0 Å². The maximum atomic E-state index is 10.6.